The fourth-order valence-corrected chi connectivity index (χ4v) is 2.87. The molecule has 3 N–H and O–H groups in total. The molecule has 0 aliphatic carbocycles. The number of nitrogens with two attached hydrogens (primary N) is 1. The van der Waals surface area contributed by atoms with Gasteiger partial charge in [0.15, 0.2) is 0 Å². The summed E-state index contributed by atoms with van der Waals surface area (Å²) in [6, 6.07) is 10.6. The van der Waals surface area contributed by atoms with Crippen LogP contribution in [0, 0.1) is 6.92 Å². The maximum Gasteiger partial charge on any atom is 0.122 e. The van der Waals surface area contributed by atoms with Crippen LogP contribution in [0.2, 0.25) is 0 Å². The number of aromatic nitrogens is 1. The summed E-state index contributed by atoms with van der Waals surface area (Å²) in [5.74, 6) is 6.75. The van der Waals surface area contributed by atoms with Crippen LogP contribution < -0.4 is 16.0 Å². The second-order valence-electron chi connectivity index (χ2n) is 5.50. The number of fused-ring (bicyclic) bond motifs is 1. The molecular weight excluding hydrogens is 262 g/mol. The third-order valence-corrected chi connectivity index (χ3v) is 4.06. The van der Waals surface area contributed by atoms with Crippen molar-refractivity contribution in [3.63, 3.8) is 0 Å². The Morgan fingerprint density at radius 1 is 1.38 bits per heavy atom. The van der Waals surface area contributed by atoms with Crippen molar-refractivity contribution < 1.29 is 4.74 Å². The summed E-state index contributed by atoms with van der Waals surface area (Å²) in [5.41, 5.74) is 7.74. The van der Waals surface area contributed by atoms with Crippen LogP contribution >= 0.6 is 0 Å². The van der Waals surface area contributed by atoms with Gasteiger partial charge in [0, 0.05) is 12.6 Å². The normalized spacial score (nSPS) is 14.6. The van der Waals surface area contributed by atoms with Crippen molar-refractivity contribution in [2.75, 3.05) is 6.61 Å². The van der Waals surface area contributed by atoms with Gasteiger partial charge < -0.3 is 4.74 Å². The molecule has 21 heavy (non-hydrogen) atoms. The van der Waals surface area contributed by atoms with Gasteiger partial charge in [-0.05, 0) is 48.6 Å². The van der Waals surface area contributed by atoms with Crippen LogP contribution in [0.4, 0.5) is 0 Å². The van der Waals surface area contributed by atoms with Gasteiger partial charge in [-0.1, -0.05) is 18.2 Å². The van der Waals surface area contributed by atoms with Gasteiger partial charge >= 0.3 is 0 Å². The third-order valence-electron chi connectivity index (χ3n) is 4.06. The lowest BCUT2D eigenvalue weighted by Gasteiger charge is -2.17. The van der Waals surface area contributed by atoms with Gasteiger partial charge in [0.25, 0.3) is 0 Å². The van der Waals surface area contributed by atoms with E-state index in [9.17, 15) is 0 Å². The van der Waals surface area contributed by atoms with Crippen LogP contribution in [-0.4, -0.2) is 11.6 Å². The van der Waals surface area contributed by atoms with Crippen molar-refractivity contribution in [2.45, 2.75) is 32.2 Å². The molecule has 4 nitrogen and oxygen atoms in total. The first-order valence-electron chi connectivity index (χ1n) is 7.40. The zero-order chi connectivity index (χ0) is 14.7. The molecule has 0 bridgehead atoms. The second kappa shape index (κ2) is 6.24. The first-order chi connectivity index (χ1) is 10.3. The minimum absolute atomic E-state index is 0.0794. The molecular formula is C17H21N3O. The molecule has 1 aliphatic heterocycles. The van der Waals surface area contributed by atoms with Crippen LogP contribution in [0.3, 0.4) is 0 Å². The smallest absolute Gasteiger partial charge is 0.122 e. The molecule has 1 aromatic heterocycles. The Labute approximate surface area is 125 Å². The lowest BCUT2D eigenvalue weighted by Crippen LogP contribution is -2.29. The van der Waals surface area contributed by atoms with E-state index in [1.165, 1.54) is 16.7 Å². The summed E-state index contributed by atoms with van der Waals surface area (Å²) in [6.07, 6.45) is 4.73. The van der Waals surface area contributed by atoms with Crippen molar-refractivity contribution in [1.29, 1.82) is 0 Å². The Morgan fingerprint density at radius 2 is 2.29 bits per heavy atom. The summed E-state index contributed by atoms with van der Waals surface area (Å²) in [6.45, 7) is 2.87. The van der Waals surface area contributed by atoms with E-state index in [4.69, 9.17) is 10.6 Å². The van der Waals surface area contributed by atoms with Crippen LogP contribution in [-0.2, 0) is 12.8 Å². The standard InChI is InChI=1S/C17H21N3O/c1-12-3-2-9-19-17(12)15(20-18)6-4-13-5-7-16-14(11-13)8-10-21-16/h2-3,5,7,9,11,15,20H,4,6,8,10,18H2,1H3. The van der Waals surface area contributed by atoms with Crippen molar-refractivity contribution in [3.8, 4) is 5.75 Å². The summed E-state index contributed by atoms with van der Waals surface area (Å²) < 4.78 is 5.54. The number of rotatable bonds is 5. The highest BCUT2D eigenvalue weighted by atomic mass is 16.5. The zero-order valence-corrected chi connectivity index (χ0v) is 12.3. The van der Waals surface area contributed by atoms with E-state index < -0.39 is 0 Å². The fourth-order valence-electron chi connectivity index (χ4n) is 2.87. The third kappa shape index (κ3) is 3.06. The summed E-state index contributed by atoms with van der Waals surface area (Å²) in [5, 5.41) is 0. The highest BCUT2D eigenvalue weighted by Gasteiger charge is 2.15. The molecule has 3 rings (SSSR count). The summed E-state index contributed by atoms with van der Waals surface area (Å²) in [4.78, 5) is 4.46. The van der Waals surface area contributed by atoms with Crippen molar-refractivity contribution in [2.24, 2.45) is 5.84 Å². The van der Waals surface area contributed by atoms with Gasteiger partial charge in [0.05, 0.1) is 18.3 Å². The molecule has 0 fully saturated rings. The van der Waals surface area contributed by atoms with Crippen LogP contribution in [0.1, 0.15) is 34.8 Å². The molecule has 0 saturated heterocycles. The molecule has 1 unspecified atom stereocenters. The first-order valence-corrected chi connectivity index (χ1v) is 7.40. The second-order valence-corrected chi connectivity index (χ2v) is 5.50. The summed E-state index contributed by atoms with van der Waals surface area (Å²) in [7, 11) is 0. The van der Waals surface area contributed by atoms with Crippen molar-refractivity contribution in [3.05, 3.63) is 58.9 Å². The predicted molar refractivity (Wildman–Crippen MR) is 83.0 cm³/mol. The van der Waals surface area contributed by atoms with E-state index in [0.717, 1.165) is 37.3 Å². The minimum atomic E-state index is 0.0794. The number of hydrazine groups is 1. The number of nitrogens with one attached hydrogen (secondary N) is 1. The molecule has 1 atom stereocenters. The van der Waals surface area contributed by atoms with Crippen LogP contribution in [0.25, 0.3) is 0 Å². The van der Waals surface area contributed by atoms with Gasteiger partial charge in [0.1, 0.15) is 5.75 Å². The molecule has 0 spiro atoms. The monoisotopic (exact) mass is 283 g/mol. The Balaban J connectivity index is 1.70. The number of pyridine rings is 1. The van der Waals surface area contributed by atoms with Gasteiger partial charge in [-0.25, -0.2) is 0 Å². The largest absolute Gasteiger partial charge is 0.493 e. The lowest BCUT2D eigenvalue weighted by molar-refractivity contribution is 0.357. The Kier molecular flexibility index (Phi) is 4.18. The average molecular weight is 283 g/mol. The van der Waals surface area contributed by atoms with Gasteiger partial charge in [-0.15, -0.1) is 0 Å². The number of hydrogen-bond acceptors (Lipinski definition) is 4. The van der Waals surface area contributed by atoms with Crippen molar-refractivity contribution in [1.82, 2.24) is 10.4 Å². The van der Waals surface area contributed by atoms with Crippen LogP contribution in [0.15, 0.2) is 36.5 Å². The highest BCUT2D eigenvalue weighted by Crippen LogP contribution is 2.27. The first kappa shape index (κ1) is 14.0. The Morgan fingerprint density at radius 3 is 3.10 bits per heavy atom. The van der Waals surface area contributed by atoms with Gasteiger partial charge in [0.2, 0.25) is 0 Å². The molecule has 110 valence electrons. The minimum Gasteiger partial charge on any atom is -0.493 e. The quantitative estimate of drug-likeness (QED) is 0.653. The maximum absolute atomic E-state index is 5.72. The number of aryl methyl sites for hydroxylation is 2. The molecule has 2 heterocycles. The SMILES string of the molecule is Cc1cccnc1C(CCc1ccc2c(c1)CCO2)NN. The lowest BCUT2D eigenvalue weighted by atomic mass is 9.99. The molecule has 1 aromatic carbocycles. The molecule has 1 aliphatic rings. The molecule has 0 amide bonds. The predicted octanol–water partition coefficient (Wildman–Crippen LogP) is 2.46. The van der Waals surface area contributed by atoms with E-state index in [1.807, 2.05) is 12.3 Å². The Bertz CT molecular complexity index is 627. The van der Waals surface area contributed by atoms with Gasteiger partial charge in [-0.3, -0.25) is 16.3 Å². The topological polar surface area (TPSA) is 60.2 Å². The Hall–Kier alpha value is -1.91. The van der Waals surface area contributed by atoms with E-state index in [0.29, 0.717) is 0 Å². The molecule has 2 aromatic rings. The zero-order valence-electron chi connectivity index (χ0n) is 12.3. The van der Waals surface area contributed by atoms with Crippen LogP contribution in [0.5, 0.6) is 5.75 Å². The van der Waals surface area contributed by atoms with E-state index in [2.05, 4.69) is 41.6 Å². The average Bonchev–Trinajstić information content (AvgIpc) is 2.97. The molecule has 4 heteroatoms. The maximum atomic E-state index is 5.72. The summed E-state index contributed by atoms with van der Waals surface area (Å²) >= 11 is 0. The number of nitrogens with zero attached hydrogens (tertiary/aromatic N) is 1. The molecule has 0 saturated carbocycles. The van der Waals surface area contributed by atoms with E-state index >= 15 is 0 Å². The molecule has 0 radical (unpaired) electrons. The van der Waals surface area contributed by atoms with Crippen molar-refractivity contribution >= 4 is 0 Å². The fraction of sp³-hybridized carbons (Fsp3) is 0.353. The number of ether oxygens (including phenoxy) is 1. The number of hydrogen-bond donors (Lipinski definition) is 2. The van der Waals surface area contributed by atoms with Gasteiger partial charge in [-0.2, -0.15) is 0 Å². The number of benzene rings is 1. The van der Waals surface area contributed by atoms with E-state index in [-0.39, 0.29) is 6.04 Å². The highest BCUT2D eigenvalue weighted by molar-refractivity contribution is 5.39. The van der Waals surface area contributed by atoms with E-state index in [1.54, 1.807) is 0 Å².